The van der Waals surface area contributed by atoms with E-state index in [9.17, 15) is 54.2 Å². The van der Waals surface area contributed by atoms with Gasteiger partial charge in [0.25, 0.3) is 0 Å². The molecule has 0 radical (unpaired) electrons. The summed E-state index contributed by atoms with van der Waals surface area (Å²) in [7, 11) is 0. The van der Waals surface area contributed by atoms with E-state index < -0.39 is 87.7 Å². The highest BCUT2D eigenvalue weighted by atomic mass is 19.4. The number of benzene rings is 2. The third kappa shape index (κ3) is 7.39. The standard InChI is InChI=1S/C36H32F9N3O4/c1-33-12-3-13-48(33)21(14-19-4-2-5-22(15-19)52-36(43,44)45)7-11-28(49)30(32(33)51)31(50)25-10-9-23(25)24-8-6-20(34(37,38)39)16-26(24)27-17-29(35(40,41)42)47-18-46-27/h2,4-6,8,15-18,21,23,25,51H,3,7,9-14H2,1H3/b32-30-/t21?,23-,25?,33?/m1/s1. The molecule has 2 aromatic carbocycles. The average molecular weight is 742 g/mol. The minimum absolute atomic E-state index is 0.133. The van der Waals surface area contributed by atoms with Crippen molar-refractivity contribution in [3.05, 3.63) is 88.6 Å². The first kappa shape index (κ1) is 37.3. The molecular weight excluding hydrogens is 709 g/mol. The van der Waals surface area contributed by atoms with Gasteiger partial charge in [0, 0.05) is 23.9 Å². The highest BCUT2D eigenvalue weighted by Gasteiger charge is 2.50. The molecule has 3 aromatic rings. The van der Waals surface area contributed by atoms with E-state index >= 15 is 0 Å². The number of nitrogens with zero attached hydrogens (tertiary/aromatic N) is 3. The lowest BCUT2D eigenvalue weighted by Crippen LogP contribution is -2.52. The predicted molar refractivity (Wildman–Crippen MR) is 167 cm³/mol. The smallest absolute Gasteiger partial charge is 0.509 e. The van der Waals surface area contributed by atoms with Crippen LogP contribution in [0, 0.1) is 5.92 Å². The average Bonchev–Trinajstić information content (AvgIpc) is 3.43. The number of halogens is 9. The highest BCUT2D eigenvalue weighted by Crippen LogP contribution is 2.50. The number of carbonyl (C=O) groups is 2. The molecule has 6 rings (SSSR count). The number of hydrogen-bond donors (Lipinski definition) is 1. The van der Waals surface area contributed by atoms with Gasteiger partial charge in [0.15, 0.2) is 11.6 Å². The molecule has 278 valence electrons. The second kappa shape index (κ2) is 13.5. The lowest BCUT2D eigenvalue weighted by atomic mass is 9.64. The molecule has 0 bridgehead atoms. The predicted octanol–water partition coefficient (Wildman–Crippen LogP) is 8.78. The number of Topliss-reactive ketones (excluding diaryl/α,β-unsaturated/α-hetero) is 2. The van der Waals surface area contributed by atoms with E-state index in [1.165, 1.54) is 18.2 Å². The zero-order valence-corrected chi connectivity index (χ0v) is 27.5. The van der Waals surface area contributed by atoms with Crippen molar-refractivity contribution in [1.29, 1.82) is 0 Å². The lowest BCUT2D eigenvalue weighted by Gasteiger charge is -2.43. The number of fused-ring (bicyclic) bond motifs is 1. The van der Waals surface area contributed by atoms with Crippen LogP contribution >= 0.6 is 0 Å². The Labute approximate surface area is 291 Å². The van der Waals surface area contributed by atoms with Gasteiger partial charge < -0.3 is 9.84 Å². The molecule has 2 fully saturated rings. The molecule has 1 N–H and O–H groups in total. The topological polar surface area (TPSA) is 92.6 Å². The van der Waals surface area contributed by atoms with Crippen LogP contribution in [0.1, 0.15) is 73.8 Å². The Kier molecular flexibility index (Phi) is 9.68. The van der Waals surface area contributed by atoms with E-state index in [4.69, 9.17) is 0 Å². The van der Waals surface area contributed by atoms with Crippen molar-refractivity contribution in [2.75, 3.05) is 6.54 Å². The monoisotopic (exact) mass is 741 g/mol. The Balaban J connectivity index is 1.32. The number of rotatable bonds is 7. The SMILES string of the molecule is CC12CCCN1C(Cc1cccc(OC(F)(F)F)c1)CCC(=O)/C(C(=O)C1CC[C@@H]1c1ccc(C(F)(F)F)cc1-c1cc(C(F)(F)F)ncn1)=C\2O. The van der Waals surface area contributed by atoms with Gasteiger partial charge in [0.1, 0.15) is 29.1 Å². The molecule has 52 heavy (non-hydrogen) atoms. The Morgan fingerprint density at radius 2 is 1.71 bits per heavy atom. The second-order valence-electron chi connectivity index (χ2n) is 13.6. The third-order valence-electron chi connectivity index (χ3n) is 10.3. The van der Waals surface area contributed by atoms with Crippen molar-refractivity contribution in [3.63, 3.8) is 0 Å². The first-order chi connectivity index (χ1) is 24.3. The van der Waals surface area contributed by atoms with Crippen LogP contribution in [0.3, 0.4) is 0 Å². The van der Waals surface area contributed by atoms with Gasteiger partial charge in [0.05, 0.1) is 16.8 Å². The van der Waals surface area contributed by atoms with Gasteiger partial charge in [-0.25, -0.2) is 9.97 Å². The van der Waals surface area contributed by atoms with Gasteiger partial charge in [0.2, 0.25) is 0 Å². The normalized spacial score (nSPS) is 26.0. The zero-order valence-electron chi connectivity index (χ0n) is 27.5. The summed E-state index contributed by atoms with van der Waals surface area (Å²) in [6, 6.07) is 8.14. The van der Waals surface area contributed by atoms with Crippen LogP contribution in [0.15, 0.2) is 66.2 Å². The fraction of sp³-hybridized carbons (Fsp3) is 0.444. The number of aliphatic hydroxyl groups excluding tert-OH is 1. The molecular formula is C36H32F9N3O4. The summed E-state index contributed by atoms with van der Waals surface area (Å²) in [6.07, 6.45) is -12.4. The van der Waals surface area contributed by atoms with Crippen LogP contribution < -0.4 is 4.74 Å². The number of ether oxygens (including phenoxy) is 1. The van der Waals surface area contributed by atoms with Gasteiger partial charge in [-0.1, -0.05) is 18.2 Å². The molecule has 1 aliphatic carbocycles. The number of allylic oxidation sites excluding steroid dienone is 1. The summed E-state index contributed by atoms with van der Waals surface area (Å²) >= 11 is 0. The number of carbonyl (C=O) groups excluding carboxylic acids is 2. The van der Waals surface area contributed by atoms with Gasteiger partial charge in [-0.2, -0.15) is 26.3 Å². The summed E-state index contributed by atoms with van der Waals surface area (Å²) in [6.45, 7) is 2.14. The second-order valence-corrected chi connectivity index (χ2v) is 13.6. The molecule has 3 unspecified atom stereocenters. The number of alkyl halides is 9. The molecule has 0 amide bonds. The van der Waals surface area contributed by atoms with E-state index in [0.717, 1.165) is 12.1 Å². The van der Waals surface area contributed by atoms with Crippen molar-refractivity contribution in [1.82, 2.24) is 14.9 Å². The Bertz CT molecular complexity index is 1910. The minimum atomic E-state index is -4.91. The Morgan fingerprint density at radius 3 is 2.37 bits per heavy atom. The molecule has 1 saturated carbocycles. The van der Waals surface area contributed by atoms with Gasteiger partial charge in [-0.15, -0.1) is 13.2 Å². The van der Waals surface area contributed by atoms with Crippen LogP contribution in [-0.2, 0) is 28.4 Å². The van der Waals surface area contributed by atoms with Crippen LogP contribution in [0.2, 0.25) is 0 Å². The highest BCUT2D eigenvalue weighted by molar-refractivity contribution is 6.22. The number of hydrogen-bond acceptors (Lipinski definition) is 7. The van der Waals surface area contributed by atoms with Gasteiger partial charge in [-0.05, 0) is 99.4 Å². The van der Waals surface area contributed by atoms with Gasteiger partial charge >= 0.3 is 18.7 Å². The third-order valence-corrected chi connectivity index (χ3v) is 10.3. The molecule has 4 atom stereocenters. The van der Waals surface area contributed by atoms with Crippen molar-refractivity contribution in [2.24, 2.45) is 5.92 Å². The van der Waals surface area contributed by atoms with E-state index in [1.807, 2.05) is 4.90 Å². The maximum Gasteiger partial charge on any atom is 0.573 e. The fourth-order valence-electron chi connectivity index (χ4n) is 7.72. The van der Waals surface area contributed by atoms with E-state index in [1.54, 1.807) is 13.0 Å². The molecule has 1 saturated heterocycles. The lowest BCUT2D eigenvalue weighted by molar-refractivity contribution is -0.274. The van der Waals surface area contributed by atoms with E-state index in [0.29, 0.717) is 43.4 Å². The Hall–Kier alpha value is -4.47. The van der Waals surface area contributed by atoms with E-state index in [-0.39, 0.29) is 43.2 Å². The van der Waals surface area contributed by atoms with Crippen molar-refractivity contribution < 1.29 is 58.9 Å². The minimum Gasteiger partial charge on any atom is -0.509 e. The molecule has 2 aliphatic heterocycles. The maximum atomic E-state index is 14.2. The summed E-state index contributed by atoms with van der Waals surface area (Å²) in [5.41, 5.74) is -4.18. The molecule has 1 aromatic heterocycles. The summed E-state index contributed by atoms with van der Waals surface area (Å²) in [4.78, 5) is 37.0. The number of aromatic nitrogens is 2. The van der Waals surface area contributed by atoms with Crippen LogP contribution in [0.5, 0.6) is 5.75 Å². The zero-order chi connectivity index (χ0) is 37.8. The number of ketones is 2. The quantitative estimate of drug-likeness (QED) is 0.191. The van der Waals surface area contributed by atoms with Crippen LogP contribution in [0.25, 0.3) is 11.3 Å². The molecule has 16 heteroatoms. The van der Waals surface area contributed by atoms with Crippen molar-refractivity contribution >= 4 is 11.6 Å². The largest absolute Gasteiger partial charge is 0.573 e. The van der Waals surface area contributed by atoms with E-state index in [2.05, 4.69) is 14.7 Å². The van der Waals surface area contributed by atoms with Crippen molar-refractivity contribution in [3.8, 4) is 17.0 Å². The Morgan fingerprint density at radius 1 is 0.962 bits per heavy atom. The van der Waals surface area contributed by atoms with Crippen molar-refractivity contribution in [2.45, 2.75) is 88.1 Å². The maximum absolute atomic E-state index is 14.2. The molecule has 7 nitrogen and oxygen atoms in total. The first-order valence-corrected chi connectivity index (χ1v) is 16.5. The van der Waals surface area contributed by atoms with Crippen LogP contribution in [0.4, 0.5) is 39.5 Å². The van der Waals surface area contributed by atoms with Gasteiger partial charge in [-0.3, -0.25) is 14.5 Å². The summed E-state index contributed by atoms with van der Waals surface area (Å²) in [5, 5.41) is 11.8. The first-order valence-electron chi connectivity index (χ1n) is 16.5. The summed E-state index contributed by atoms with van der Waals surface area (Å²) in [5.74, 6) is -4.02. The molecule has 0 spiro atoms. The summed E-state index contributed by atoms with van der Waals surface area (Å²) < 4.78 is 124. The van der Waals surface area contributed by atoms with Crippen LogP contribution in [-0.4, -0.2) is 56.0 Å². The molecule has 3 aliphatic rings. The number of aliphatic hydroxyl groups is 1. The fourth-order valence-corrected chi connectivity index (χ4v) is 7.72. The molecule has 3 heterocycles.